The van der Waals surface area contributed by atoms with Gasteiger partial charge in [-0.15, -0.1) is 10.2 Å². The molecule has 6 heteroatoms. The lowest BCUT2D eigenvalue weighted by atomic mass is 10.1. The van der Waals surface area contributed by atoms with Gasteiger partial charge >= 0.3 is 0 Å². The van der Waals surface area contributed by atoms with Crippen molar-refractivity contribution in [2.45, 2.75) is 17.4 Å². The fraction of sp³-hybridized carbons (Fsp3) is 0.118. The van der Waals surface area contributed by atoms with E-state index in [1.807, 2.05) is 42.5 Å². The number of hydrogen-bond donors (Lipinski definition) is 1. The number of amides is 1. The van der Waals surface area contributed by atoms with E-state index in [2.05, 4.69) is 10.2 Å². The van der Waals surface area contributed by atoms with Gasteiger partial charge in [0, 0.05) is 11.3 Å². The third kappa shape index (κ3) is 4.20. The van der Waals surface area contributed by atoms with Gasteiger partial charge in [-0.25, -0.2) is 0 Å². The Bertz CT molecular complexity index is 802. The first-order chi connectivity index (χ1) is 11.2. The number of thioether (sulfide) groups is 1. The minimum atomic E-state index is -0.431. The maximum Gasteiger partial charge on any atom is 0.276 e. The molecule has 3 rings (SSSR count). The molecule has 0 atom stereocenters. The van der Waals surface area contributed by atoms with Gasteiger partial charge in [0.15, 0.2) is 0 Å². The minimum Gasteiger partial charge on any atom is -0.416 e. The first kappa shape index (κ1) is 15.3. The van der Waals surface area contributed by atoms with Gasteiger partial charge in [-0.2, -0.15) is 0 Å². The fourth-order valence-corrected chi connectivity index (χ4v) is 2.82. The van der Waals surface area contributed by atoms with E-state index in [1.165, 1.54) is 11.8 Å². The number of hydrogen-bond acceptors (Lipinski definition) is 5. The zero-order valence-electron chi connectivity index (χ0n) is 12.3. The monoisotopic (exact) mass is 325 g/mol. The lowest BCUT2D eigenvalue weighted by Gasteiger charge is -2.00. The van der Waals surface area contributed by atoms with E-state index in [0.29, 0.717) is 28.9 Å². The molecule has 0 aliphatic rings. The van der Waals surface area contributed by atoms with Gasteiger partial charge < -0.3 is 10.2 Å². The van der Waals surface area contributed by atoms with Gasteiger partial charge in [-0.05, 0) is 23.3 Å². The number of nitrogens with zero attached hydrogens (tertiary/aromatic N) is 2. The zero-order valence-corrected chi connectivity index (χ0v) is 13.1. The molecule has 116 valence electrons. The minimum absolute atomic E-state index is 0.431. The number of primary amides is 1. The summed E-state index contributed by atoms with van der Waals surface area (Å²) in [6, 6.07) is 17.2. The predicted molar refractivity (Wildman–Crippen MR) is 88.1 cm³/mol. The van der Waals surface area contributed by atoms with Crippen LogP contribution in [-0.2, 0) is 12.2 Å². The highest BCUT2D eigenvalue weighted by molar-refractivity contribution is 7.98. The molecule has 0 bridgehead atoms. The Kier molecular flexibility index (Phi) is 4.73. The van der Waals surface area contributed by atoms with Gasteiger partial charge in [0.25, 0.3) is 5.22 Å². The third-order valence-electron chi connectivity index (χ3n) is 3.22. The maximum absolute atomic E-state index is 11.2. The number of rotatable bonds is 6. The van der Waals surface area contributed by atoms with E-state index in [4.69, 9.17) is 10.2 Å². The van der Waals surface area contributed by atoms with Crippen LogP contribution in [0.2, 0.25) is 0 Å². The van der Waals surface area contributed by atoms with Crippen molar-refractivity contribution in [1.29, 1.82) is 0 Å². The second-order valence-electron chi connectivity index (χ2n) is 4.98. The number of carbonyl (C=O) groups is 1. The van der Waals surface area contributed by atoms with Crippen LogP contribution < -0.4 is 5.73 Å². The smallest absolute Gasteiger partial charge is 0.276 e. The van der Waals surface area contributed by atoms with Gasteiger partial charge in [-0.3, -0.25) is 4.79 Å². The molecule has 2 aromatic carbocycles. The Morgan fingerprint density at radius 3 is 2.61 bits per heavy atom. The molecule has 3 aromatic rings. The highest BCUT2D eigenvalue weighted by atomic mass is 32.2. The van der Waals surface area contributed by atoms with Crippen LogP contribution in [0.4, 0.5) is 0 Å². The Morgan fingerprint density at radius 2 is 1.83 bits per heavy atom. The van der Waals surface area contributed by atoms with Crippen LogP contribution in [-0.4, -0.2) is 16.1 Å². The molecule has 0 unspecified atom stereocenters. The van der Waals surface area contributed by atoms with Crippen molar-refractivity contribution < 1.29 is 9.21 Å². The first-order valence-corrected chi connectivity index (χ1v) is 8.07. The Balaban J connectivity index is 1.61. The zero-order chi connectivity index (χ0) is 16.1. The average Bonchev–Trinajstić information content (AvgIpc) is 3.01. The molecular weight excluding hydrogens is 310 g/mol. The molecule has 0 saturated carbocycles. The number of aromatic nitrogens is 2. The summed E-state index contributed by atoms with van der Waals surface area (Å²) in [5.41, 5.74) is 7.89. The fourth-order valence-electron chi connectivity index (χ4n) is 2.10. The standard InChI is InChI=1S/C17H15N3O2S/c18-16(21)14-8-4-7-13(9-14)11-23-17-20-19-15(22-17)10-12-5-2-1-3-6-12/h1-9H,10-11H2,(H2,18,21). The number of carbonyl (C=O) groups excluding carboxylic acids is 1. The maximum atomic E-state index is 11.2. The molecule has 0 aliphatic heterocycles. The van der Waals surface area contributed by atoms with E-state index < -0.39 is 5.91 Å². The average molecular weight is 325 g/mol. The van der Waals surface area contributed by atoms with E-state index in [1.54, 1.807) is 12.1 Å². The van der Waals surface area contributed by atoms with Crippen LogP contribution >= 0.6 is 11.8 Å². The van der Waals surface area contributed by atoms with E-state index in [0.717, 1.165) is 11.1 Å². The highest BCUT2D eigenvalue weighted by Crippen LogP contribution is 2.22. The predicted octanol–water partition coefficient (Wildman–Crippen LogP) is 3.05. The molecule has 1 aromatic heterocycles. The summed E-state index contributed by atoms with van der Waals surface area (Å²) in [5.74, 6) is 0.790. The van der Waals surface area contributed by atoms with Crippen molar-refractivity contribution in [3.8, 4) is 0 Å². The summed E-state index contributed by atoms with van der Waals surface area (Å²) in [5, 5.41) is 8.61. The summed E-state index contributed by atoms with van der Waals surface area (Å²) in [6.07, 6.45) is 0.617. The molecule has 5 nitrogen and oxygen atoms in total. The summed E-state index contributed by atoms with van der Waals surface area (Å²) in [4.78, 5) is 11.2. The first-order valence-electron chi connectivity index (χ1n) is 7.08. The van der Waals surface area contributed by atoms with Crippen molar-refractivity contribution in [2.24, 2.45) is 5.73 Å². The van der Waals surface area contributed by atoms with Crippen LogP contribution in [0.25, 0.3) is 0 Å². The van der Waals surface area contributed by atoms with E-state index in [-0.39, 0.29) is 0 Å². The van der Waals surface area contributed by atoms with Crippen LogP contribution in [0, 0.1) is 0 Å². The second-order valence-corrected chi connectivity index (χ2v) is 5.90. The van der Waals surface area contributed by atoms with Gasteiger partial charge in [-0.1, -0.05) is 54.2 Å². The molecule has 2 N–H and O–H groups in total. The third-order valence-corrected chi connectivity index (χ3v) is 4.11. The Hall–Kier alpha value is -2.60. The van der Waals surface area contributed by atoms with Crippen LogP contribution in [0.1, 0.15) is 27.4 Å². The molecule has 1 heterocycles. The molecule has 1 amide bonds. The van der Waals surface area contributed by atoms with Gasteiger partial charge in [0.1, 0.15) is 0 Å². The molecule has 0 aliphatic carbocycles. The summed E-state index contributed by atoms with van der Waals surface area (Å²) in [7, 11) is 0. The summed E-state index contributed by atoms with van der Waals surface area (Å²) in [6.45, 7) is 0. The number of benzene rings is 2. The van der Waals surface area contributed by atoms with Crippen molar-refractivity contribution in [1.82, 2.24) is 10.2 Å². The van der Waals surface area contributed by atoms with Crippen molar-refractivity contribution in [2.75, 3.05) is 0 Å². The van der Waals surface area contributed by atoms with E-state index >= 15 is 0 Å². The molecular formula is C17H15N3O2S. The van der Waals surface area contributed by atoms with Crippen molar-refractivity contribution >= 4 is 17.7 Å². The van der Waals surface area contributed by atoms with Crippen LogP contribution in [0.5, 0.6) is 0 Å². The van der Waals surface area contributed by atoms with Gasteiger partial charge in [0.05, 0.1) is 6.42 Å². The molecule has 0 fully saturated rings. The lowest BCUT2D eigenvalue weighted by Crippen LogP contribution is -2.10. The SMILES string of the molecule is NC(=O)c1cccc(CSc2nnc(Cc3ccccc3)o2)c1. The molecule has 0 radical (unpaired) electrons. The molecule has 23 heavy (non-hydrogen) atoms. The van der Waals surface area contributed by atoms with E-state index in [9.17, 15) is 4.79 Å². The quantitative estimate of drug-likeness (QED) is 0.704. The Morgan fingerprint density at radius 1 is 1.04 bits per heavy atom. The van der Waals surface area contributed by atoms with Crippen LogP contribution in [0.3, 0.4) is 0 Å². The highest BCUT2D eigenvalue weighted by Gasteiger charge is 2.08. The summed E-state index contributed by atoms with van der Waals surface area (Å²) >= 11 is 1.43. The molecule has 0 spiro atoms. The van der Waals surface area contributed by atoms with Gasteiger partial charge in [0.2, 0.25) is 11.8 Å². The van der Waals surface area contributed by atoms with Crippen LogP contribution in [0.15, 0.2) is 64.2 Å². The largest absolute Gasteiger partial charge is 0.416 e. The van der Waals surface area contributed by atoms with Crippen molar-refractivity contribution in [3.63, 3.8) is 0 Å². The second kappa shape index (κ2) is 7.11. The number of nitrogens with two attached hydrogens (primary N) is 1. The normalized spacial score (nSPS) is 10.6. The summed E-state index contributed by atoms with van der Waals surface area (Å²) < 4.78 is 5.64. The van der Waals surface area contributed by atoms with Crippen molar-refractivity contribution in [3.05, 3.63) is 77.2 Å². The molecule has 0 saturated heterocycles. The topological polar surface area (TPSA) is 82.0 Å². The lowest BCUT2D eigenvalue weighted by molar-refractivity contribution is 0.1000. The Labute approximate surface area is 137 Å².